The number of hydrogen-bond acceptors (Lipinski definition) is 8. The number of aromatic nitrogens is 2. The molecule has 0 saturated heterocycles. The highest BCUT2D eigenvalue weighted by atomic mass is 16.6. The summed E-state index contributed by atoms with van der Waals surface area (Å²) in [7, 11) is 1.52. The molecule has 2 heterocycles. The van der Waals surface area contributed by atoms with Gasteiger partial charge >= 0.3 is 0 Å². The van der Waals surface area contributed by atoms with Gasteiger partial charge in [-0.15, -0.1) is 0 Å². The molecule has 0 unspecified atom stereocenters. The quantitative estimate of drug-likeness (QED) is 0.283. The molecule has 1 amide bonds. The molecule has 1 aromatic carbocycles. The monoisotopic (exact) mass is 476 g/mol. The SMILES string of the molecule is COCc1cc(C)nc(OCC(=O)N/N=C\c2cc(C)n(-c3cccc([N+](=O)[O-])c3)c2C)c1C#N. The maximum absolute atomic E-state index is 12.2. The number of carbonyl (C=O) groups excluding carboxylic acids is 1. The lowest BCUT2D eigenvalue weighted by molar-refractivity contribution is -0.384. The zero-order chi connectivity index (χ0) is 25.5. The molecule has 11 nitrogen and oxygen atoms in total. The van der Waals surface area contributed by atoms with Crippen LogP contribution in [0.1, 0.15) is 33.8 Å². The number of rotatable bonds is 9. The average molecular weight is 476 g/mol. The molecular weight excluding hydrogens is 452 g/mol. The maximum Gasteiger partial charge on any atom is 0.278 e. The van der Waals surface area contributed by atoms with Crippen LogP contribution in [0.15, 0.2) is 41.5 Å². The minimum absolute atomic E-state index is 0.00511. The van der Waals surface area contributed by atoms with E-state index in [9.17, 15) is 20.2 Å². The van der Waals surface area contributed by atoms with E-state index in [0.29, 0.717) is 16.9 Å². The van der Waals surface area contributed by atoms with Crippen molar-refractivity contribution >= 4 is 17.8 Å². The summed E-state index contributed by atoms with van der Waals surface area (Å²) >= 11 is 0. The van der Waals surface area contributed by atoms with Crippen LogP contribution >= 0.6 is 0 Å². The van der Waals surface area contributed by atoms with Crippen LogP contribution in [-0.2, 0) is 16.1 Å². The Labute approximate surface area is 201 Å². The molecular formula is C24H24N6O5. The lowest BCUT2D eigenvalue weighted by Crippen LogP contribution is -2.25. The van der Waals surface area contributed by atoms with Crippen LogP contribution in [0, 0.1) is 42.2 Å². The lowest BCUT2D eigenvalue weighted by Gasteiger charge is -2.10. The van der Waals surface area contributed by atoms with Crippen molar-refractivity contribution in [1.29, 1.82) is 5.26 Å². The predicted molar refractivity (Wildman–Crippen MR) is 128 cm³/mol. The van der Waals surface area contributed by atoms with Crippen LogP contribution < -0.4 is 10.2 Å². The summed E-state index contributed by atoms with van der Waals surface area (Å²) in [4.78, 5) is 27.1. The number of hydrazone groups is 1. The molecule has 0 bridgehead atoms. The molecule has 0 aliphatic heterocycles. The Bertz CT molecular complexity index is 1340. The number of nitriles is 1. The second kappa shape index (κ2) is 11.0. The summed E-state index contributed by atoms with van der Waals surface area (Å²) in [6, 6.07) is 11.9. The molecule has 35 heavy (non-hydrogen) atoms. The number of hydrogen-bond donors (Lipinski definition) is 1. The number of ether oxygens (including phenoxy) is 2. The van der Waals surface area contributed by atoms with Crippen molar-refractivity contribution in [2.75, 3.05) is 13.7 Å². The highest BCUT2D eigenvalue weighted by molar-refractivity contribution is 5.84. The van der Waals surface area contributed by atoms with Crippen molar-refractivity contribution in [2.45, 2.75) is 27.4 Å². The number of amides is 1. The minimum atomic E-state index is -0.533. The molecule has 2 aromatic heterocycles. The lowest BCUT2D eigenvalue weighted by atomic mass is 10.1. The number of carbonyl (C=O) groups is 1. The second-order valence-corrected chi connectivity index (χ2v) is 7.67. The number of benzene rings is 1. The third kappa shape index (κ3) is 5.87. The number of methoxy groups -OCH3 is 1. The predicted octanol–water partition coefficient (Wildman–Crippen LogP) is 3.25. The Hall–Kier alpha value is -4.56. The number of nitro groups is 1. The average Bonchev–Trinajstić information content (AvgIpc) is 3.10. The number of nitrogens with zero attached hydrogens (tertiary/aromatic N) is 5. The Balaban J connectivity index is 1.68. The van der Waals surface area contributed by atoms with Gasteiger partial charge in [-0.3, -0.25) is 14.9 Å². The van der Waals surface area contributed by atoms with Crippen LogP contribution in [0.3, 0.4) is 0 Å². The van der Waals surface area contributed by atoms with Crippen LogP contribution in [0.5, 0.6) is 5.88 Å². The Morgan fingerprint density at radius 1 is 1.31 bits per heavy atom. The fourth-order valence-corrected chi connectivity index (χ4v) is 3.60. The zero-order valence-electron chi connectivity index (χ0n) is 19.7. The van der Waals surface area contributed by atoms with E-state index in [-0.39, 0.29) is 30.3 Å². The van der Waals surface area contributed by atoms with E-state index >= 15 is 0 Å². The standard InChI is InChI=1S/C24H24N6O5/c1-15-8-19(13-34-4)22(11-25)24(27-15)35-14-23(31)28-26-12-18-9-16(2)29(17(18)3)20-6-5-7-21(10-20)30(32)33/h5-10,12H,13-14H2,1-4H3,(H,28,31)/b26-12-. The number of aryl methyl sites for hydroxylation is 2. The number of nitrogens with one attached hydrogen (secondary N) is 1. The van der Waals surface area contributed by atoms with E-state index in [1.54, 1.807) is 25.1 Å². The summed E-state index contributed by atoms with van der Waals surface area (Å²) < 4.78 is 12.4. The van der Waals surface area contributed by atoms with Crippen molar-refractivity contribution in [1.82, 2.24) is 15.0 Å². The van der Waals surface area contributed by atoms with Crippen molar-refractivity contribution in [3.05, 3.63) is 80.3 Å². The van der Waals surface area contributed by atoms with E-state index in [1.807, 2.05) is 30.6 Å². The summed E-state index contributed by atoms with van der Waals surface area (Å²) in [5, 5.41) is 24.5. The van der Waals surface area contributed by atoms with Crippen LogP contribution in [0.2, 0.25) is 0 Å². The first-order valence-corrected chi connectivity index (χ1v) is 10.5. The van der Waals surface area contributed by atoms with Gasteiger partial charge in [0.2, 0.25) is 5.88 Å². The third-order valence-electron chi connectivity index (χ3n) is 5.11. The van der Waals surface area contributed by atoms with Gasteiger partial charge in [0, 0.05) is 47.5 Å². The molecule has 0 spiro atoms. The van der Waals surface area contributed by atoms with Gasteiger partial charge in [0.1, 0.15) is 11.6 Å². The fraction of sp³-hybridized carbons (Fsp3) is 0.250. The first-order chi connectivity index (χ1) is 16.7. The zero-order valence-corrected chi connectivity index (χ0v) is 19.7. The van der Waals surface area contributed by atoms with Gasteiger partial charge in [-0.25, -0.2) is 10.4 Å². The van der Waals surface area contributed by atoms with Gasteiger partial charge in [-0.05, 0) is 39.0 Å². The Morgan fingerprint density at radius 2 is 2.09 bits per heavy atom. The van der Waals surface area contributed by atoms with E-state index in [0.717, 1.165) is 17.0 Å². The van der Waals surface area contributed by atoms with Crippen molar-refractivity contribution in [3.8, 4) is 17.6 Å². The van der Waals surface area contributed by atoms with Crippen molar-refractivity contribution < 1.29 is 19.2 Å². The molecule has 3 aromatic rings. The van der Waals surface area contributed by atoms with Gasteiger partial charge in [-0.1, -0.05) is 6.07 Å². The highest BCUT2D eigenvalue weighted by Gasteiger charge is 2.15. The number of nitro benzene ring substituents is 1. The second-order valence-electron chi connectivity index (χ2n) is 7.67. The van der Waals surface area contributed by atoms with Crippen molar-refractivity contribution in [2.24, 2.45) is 5.10 Å². The molecule has 11 heteroatoms. The first-order valence-electron chi connectivity index (χ1n) is 10.5. The number of pyridine rings is 1. The van der Waals surface area contributed by atoms with E-state index < -0.39 is 10.8 Å². The fourth-order valence-electron chi connectivity index (χ4n) is 3.60. The van der Waals surface area contributed by atoms with Gasteiger partial charge in [-0.2, -0.15) is 10.4 Å². The smallest absolute Gasteiger partial charge is 0.278 e. The van der Waals surface area contributed by atoms with Gasteiger partial charge < -0.3 is 14.0 Å². The third-order valence-corrected chi connectivity index (χ3v) is 5.11. The van der Waals surface area contributed by atoms with Crippen LogP contribution in [0.25, 0.3) is 5.69 Å². The summed E-state index contributed by atoms with van der Waals surface area (Å²) in [6.45, 7) is 5.30. The van der Waals surface area contributed by atoms with E-state index in [2.05, 4.69) is 15.5 Å². The molecule has 0 aliphatic rings. The maximum atomic E-state index is 12.2. The number of non-ortho nitro benzene ring substituents is 1. The normalized spacial score (nSPS) is 10.8. The molecule has 1 N–H and O–H groups in total. The van der Waals surface area contributed by atoms with E-state index in [4.69, 9.17) is 9.47 Å². The molecule has 180 valence electrons. The minimum Gasteiger partial charge on any atom is -0.467 e. The molecule has 3 rings (SSSR count). The van der Waals surface area contributed by atoms with Gasteiger partial charge in [0.25, 0.3) is 11.6 Å². The molecule has 0 radical (unpaired) electrons. The van der Waals surface area contributed by atoms with Crippen LogP contribution in [0.4, 0.5) is 5.69 Å². The Morgan fingerprint density at radius 3 is 2.77 bits per heavy atom. The molecule has 0 atom stereocenters. The summed E-state index contributed by atoms with van der Waals surface area (Å²) in [5.74, 6) is -0.478. The van der Waals surface area contributed by atoms with Gasteiger partial charge in [0.05, 0.1) is 23.4 Å². The van der Waals surface area contributed by atoms with Crippen molar-refractivity contribution in [3.63, 3.8) is 0 Å². The molecule has 0 aliphatic carbocycles. The first kappa shape index (κ1) is 25.1. The molecule has 0 saturated carbocycles. The molecule has 0 fully saturated rings. The topological polar surface area (TPSA) is 145 Å². The van der Waals surface area contributed by atoms with Gasteiger partial charge in [0.15, 0.2) is 6.61 Å². The summed E-state index contributed by atoms with van der Waals surface area (Å²) in [6.07, 6.45) is 1.48. The largest absolute Gasteiger partial charge is 0.467 e. The highest BCUT2D eigenvalue weighted by Crippen LogP contribution is 2.23. The van der Waals surface area contributed by atoms with Crippen LogP contribution in [-0.4, -0.2) is 40.3 Å². The summed E-state index contributed by atoms with van der Waals surface area (Å²) in [5.41, 5.74) is 6.86. The van der Waals surface area contributed by atoms with E-state index in [1.165, 1.54) is 25.5 Å². The Kier molecular flexibility index (Phi) is 7.91.